The fraction of sp³-hybridized carbons (Fsp3) is 0.533. The van der Waals surface area contributed by atoms with Gasteiger partial charge in [-0.3, -0.25) is 4.79 Å². The Kier molecular flexibility index (Phi) is 5.05. The maximum atomic E-state index is 12.0. The summed E-state index contributed by atoms with van der Waals surface area (Å²) in [5.41, 5.74) is 1.82. The van der Waals surface area contributed by atoms with Crippen LogP contribution in [-0.2, 0) is 4.79 Å². The molecule has 0 spiro atoms. The molecule has 1 aliphatic heterocycles. The molecule has 110 valence electrons. The molecule has 1 aliphatic rings. The second kappa shape index (κ2) is 6.59. The molecule has 0 saturated carbocycles. The van der Waals surface area contributed by atoms with E-state index in [0.29, 0.717) is 12.5 Å². The van der Waals surface area contributed by atoms with E-state index in [1.807, 2.05) is 12.1 Å². The molecular weight excluding hydrogens is 320 g/mol. The molecule has 2 rings (SSSR count). The lowest BCUT2D eigenvalue weighted by atomic mass is 10.1. The van der Waals surface area contributed by atoms with Crippen LogP contribution in [0.5, 0.6) is 5.75 Å². The van der Waals surface area contributed by atoms with Gasteiger partial charge in [-0.2, -0.15) is 0 Å². The lowest BCUT2D eigenvalue weighted by Crippen LogP contribution is -2.28. The van der Waals surface area contributed by atoms with E-state index < -0.39 is 0 Å². The fourth-order valence-electron chi connectivity index (χ4n) is 2.12. The zero-order valence-electron chi connectivity index (χ0n) is 12.1. The molecule has 1 unspecified atom stereocenters. The van der Waals surface area contributed by atoms with Gasteiger partial charge in [0.05, 0.1) is 11.1 Å². The second-order valence-electron chi connectivity index (χ2n) is 5.45. The number of carbonyl (C=O) groups is 1. The van der Waals surface area contributed by atoms with E-state index in [4.69, 9.17) is 4.74 Å². The Hall–Kier alpha value is -1.07. The first-order valence-corrected chi connectivity index (χ1v) is 7.82. The van der Waals surface area contributed by atoms with Gasteiger partial charge in [0.1, 0.15) is 11.8 Å². The van der Waals surface area contributed by atoms with Gasteiger partial charge in [-0.15, -0.1) is 0 Å². The summed E-state index contributed by atoms with van der Waals surface area (Å²) in [7, 11) is 0. The molecule has 1 aromatic carbocycles. The van der Waals surface area contributed by atoms with E-state index >= 15 is 0 Å². The number of halogens is 1. The van der Waals surface area contributed by atoms with Gasteiger partial charge in [-0.05, 0) is 40.9 Å². The Morgan fingerprint density at radius 1 is 1.45 bits per heavy atom. The molecule has 0 fully saturated rings. The summed E-state index contributed by atoms with van der Waals surface area (Å²) >= 11 is 3.52. The number of nitrogens with one attached hydrogen (secondary N) is 2. The quantitative estimate of drug-likeness (QED) is 0.833. The third-order valence-corrected chi connectivity index (χ3v) is 3.73. The lowest BCUT2D eigenvalue weighted by Gasteiger charge is -2.14. The first-order valence-electron chi connectivity index (χ1n) is 7.03. The van der Waals surface area contributed by atoms with Crippen LogP contribution >= 0.6 is 15.9 Å². The molecule has 1 aromatic rings. The van der Waals surface area contributed by atoms with Gasteiger partial charge in [0.2, 0.25) is 5.91 Å². The molecule has 4 nitrogen and oxygen atoms in total. The first kappa shape index (κ1) is 15.3. The highest BCUT2D eigenvalue weighted by molar-refractivity contribution is 9.10. The monoisotopic (exact) mass is 340 g/mol. The maximum absolute atomic E-state index is 12.0. The topological polar surface area (TPSA) is 50.4 Å². The average molecular weight is 341 g/mol. The minimum Gasteiger partial charge on any atom is -0.492 e. The van der Waals surface area contributed by atoms with Crippen LogP contribution in [-0.4, -0.2) is 19.1 Å². The van der Waals surface area contributed by atoms with Crippen LogP contribution in [0.25, 0.3) is 0 Å². The van der Waals surface area contributed by atoms with Crippen molar-refractivity contribution in [3.05, 3.63) is 22.2 Å². The van der Waals surface area contributed by atoms with Gasteiger partial charge in [-0.1, -0.05) is 20.8 Å². The molecule has 1 atom stereocenters. The Morgan fingerprint density at radius 2 is 2.20 bits per heavy atom. The summed E-state index contributed by atoms with van der Waals surface area (Å²) in [6.07, 6.45) is 0.996. The molecular formula is C15H21BrN2O2. The summed E-state index contributed by atoms with van der Waals surface area (Å²) in [6.45, 7) is 7.77. The van der Waals surface area contributed by atoms with E-state index in [1.165, 1.54) is 0 Å². The lowest BCUT2D eigenvalue weighted by molar-refractivity contribution is -0.117. The van der Waals surface area contributed by atoms with Crippen LogP contribution < -0.4 is 15.4 Å². The summed E-state index contributed by atoms with van der Waals surface area (Å²) in [6, 6.07) is 3.60. The van der Waals surface area contributed by atoms with Gasteiger partial charge >= 0.3 is 0 Å². The predicted molar refractivity (Wildman–Crippen MR) is 84.1 cm³/mol. The second-order valence-corrected chi connectivity index (χ2v) is 6.31. The summed E-state index contributed by atoms with van der Waals surface area (Å²) in [5.74, 6) is 1.24. The molecule has 0 radical (unpaired) electrons. The number of hydrogen-bond donors (Lipinski definition) is 2. The largest absolute Gasteiger partial charge is 0.492 e. The normalized spacial score (nSPS) is 17.2. The Morgan fingerprint density at radius 3 is 2.85 bits per heavy atom. The van der Waals surface area contributed by atoms with Crippen molar-refractivity contribution in [1.29, 1.82) is 0 Å². The predicted octanol–water partition coefficient (Wildman–Crippen LogP) is 3.48. The molecule has 0 saturated heterocycles. The van der Waals surface area contributed by atoms with Gasteiger partial charge in [0, 0.05) is 17.3 Å². The van der Waals surface area contributed by atoms with Crippen molar-refractivity contribution in [3.63, 3.8) is 0 Å². The molecule has 0 bridgehead atoms. The van der Waals surface area contributed by atoms with Crippen LogP contribution in [0.1, 0.15) is 38.8 Å². The van der Waals surface area contributed by atoms with Crippen molar-refractivity contribution < 1.29 is 9.53 Å². The molecule has 1 heterocycles. The molecule has 1 amide bonds. The van der Waals surface area contributed by atoms with Crippen molar-refractivity contribution in [2.24, 2.45) is 5.92 Å². The molecule has 0 aliphatic carbocycles. The smallest absolute Gasteiger partial charge is 0.246 e. The number of anilines is 1. The number of benzene rings is 1. The minimum atomic E-state index is -0.264. The SMILES string of the molecule is CCCNC1C(=O)Nc2cc(OCC(C)C)c(Br)cc21. The van der Waals surface area contributed by atoms with E-state index in [9.17, 15) is 4.79 Å². The molecule has 20 heavy (non-hydrogen) atoms. The van der Waals surface area contributed by atoms with Crippen LogP contribution in [0.2, 0.25) is 0 Å². The van der Waals surface area contributed by atoms with Gasteiger partial charge in [0.15, 0.2) is 0 Å². The van der Waals surface area contributed by atoms with Crippen molar-refractivity contribution >= 4 is 27.5 Å². The van der Waals surface area contributed by atoms with Crippen LogP contribution in [0.15, 0.2) is 16.6 Å². The third kappa shape index (κ3) is 3.33. The number of rotatable bonds is 6. The van der Waals surface area contributed by atoms with Gasteiger partial charge in [0.25, 0.3) is 0 Å². The Labute approximate surface area is 128 Å². The highest BCUT2D eigenvalue weighted by atomic mass is 79.9. The fourth-order valence-corrected chi connectivity index (χ4v) is 2.60. The highest BCUT2D eigenvalue weighted by Gasteiger charge is 2.31. The standard InChI is InChI=1S/C15H21BrN2O2/c1-4-5-17-14-10-6-11(16)13(20-8-9(2)3)7-12(10)18-15(14)19/h6-7,9,14,17H,4-5,8H2,1-3H3,(H,18,19). The molecule has 2 N–H and O–H groups in total. The van der Waals surface area contributed by atoms with Crippen LogP contribution in [0.3, 0.4) is 0 Å². The van der Waals surface area contributed by atoms with Gasteiger partial charge < -0.3 is 15.4 Å². The number of ether oxygens (including phenoxy) is 1. The van der Waals surface area contributed by atoms with Crippen molar-refractivity contribution in [2.45, 2.75) is 33.2 Å². The van der Waals surface area contributed by atoms with E-state index in [2.05, 4.69) is 47.3 Å². The summed E-state index contributed by atoms with van der Waals surface area (Å²) in [5, 5.41) is 6.17. The highest BCUT2D eigenvalue weighted by Crippen LogP contribution is 2.38. The molecule has 5 heteroatoms. The van der Waals surface area contributed by atoms with Crippen molar-refractivity contribution in [1.82, 2.24) is 5.32 Å². The van der Waals surface area contributed by atoms with E-state index in [0.717, 1.165) is 34.4 Å². The van der Waals surface area contributed by atoms with E-state index in [-0.39, 0.29) is 11.9 Å². The first-order chi connectivity index (χ1) is 9.52. The maximum Gasteiger partial charge on any atom is 0.246 e. The van der Waals surface area contributed by atoms with Crippen LogP contribution in [0.4, 0.5) is 5.69 Å². The zero-order chi connectivity index (χ0) is 14.7. The Bertz CT molecular complexity index is 503. The number of carbonyl (C=O) groups excluding carboxylic acids is 1. The van der Waals surface area contributed by atoms with Crippen molar-refractivity contribution in [3.8, 4) is 5.75 Å². The zero-order valence-corrected chi connectivity index (χ0v) is 13.7. The number of fused-ring (bicyclic) bond motifs is 1. The summed E-state index contributed by atoms with van der Waals surface area (Å²) in [4.78, 5) is 12.0. The van der Waals surface area contributed by atoms with Gasteiger partial charge in [-0.25, -0.2) is 0 Å². The molecule has 0 aromatic heterocycles. The third-order valence-electron chi connectivity index (χ3n) is 3.11. The Balaban J connectivity index is 2.21. The van der Waals surface area contributed by atoms with Crippen LogP contribution in [0, 0.1) is 5.92 Å². The summed E-state index contributed by atoms with van der Waals surface area (Å²) < 4.78 is 6.64. The van der Waals surface area contributed by atoms with Crippen molar-refractivity contribution in [2.75, 3.05) is 18.5 Å². The number of hydrogen-bond acceptors (Lipinski definition) is 3. The minimum absolute atomic E-state index is 0.00126. The van der Waals surface area contributed by atoms with E-state index in [1.54, 1.807) is 0 Å². The average Bonchev–Trinajstić information content (AvgIpc) is 2.68. The number of amides is 1.